The topological polar surface area (TPSA) is 63.6 Å². The lowest BCUT2D eigenvalue weighted by Crippen LogP contribution is -2.06. The normalized spacial score (nSPS) is 9.80. The van der Waals surface area contributed by atoms with Crippen LogP contribution >= 0.6 is 0 Å². The molecule has 1 aromatic rings. The molecule has 0 heterocycles. The van der Waals surface area contributed by atoms with Gasteiger partial charge in [0.2, 0.25) is 0 Å². The van der Waals surface area contributed by atoms with Crippen molar-refractivity contribution in [2.24, 2.45) is 0 Å². The number of carbonyl (C=O) groups excluding carboxylic acids is 2. The zero-order chi connectivity index (χ0) is 11.6. The van der Waals surface area contributed by atoms with Gasteiger partial charge < -0.3 is 9.84 Å². The number of ether oxygens (including phenoxy) is 1. The number of phenols is 1. The van der Waals surface area contributed by atoms with Gasteiger partial charge in [0.15, 0.2) is 5.78 Å². The van der Waals surface area contributed by atoms with Crippen LogP contribution in [-0.2, 0) is 4.74 Å². The van der Waals surface area contributed by atoms with Crippen molar-refractivity contribution in [3.63, 3.8) is 0 Å². The lowest BCUT2D eigenvalue weighted by Gasteiger charge is -2.05. The Morgan fingerprint density at radius 3 is 2.40 bits per heavy atom. The fraction of sp³-hybridized carbons (Fsp3) is 0.200. The Kier molecular flexibility index (Phi) is 3.04. The lowest BCUT2D eigenvalue weighted by molar-refractivity contribution is 0.0597. The maximum Gasteiger partial charge on any atom is 0.341 e. The molecule has 0 aliphatic heterocycles. The molecule has 4 nitrogen and oxygen atoms in total. The van der Waals surface area contributed by atoms with Crippen LogP contribution < -0.4 is 0 Å². The maximum absolute atomic E-state index is 13.1. The Labute approximate surface area is 85.3 Å². The molecule has 0 aliphatic carbocycles. The quantitative estimate of drug-likeness (QED) is 0.596. The van der Waals surface area contributed by atoms with Gasteiger partial charge in [-0.3, -0.25) is 4.79 Å². The zero-order valence-corrected chi connectivity index (χ0v) is 8.20. The van der Waals surface area contributed by atoms with Gasteiger partial charge in [0, 0.05) is 6.07 Å². The van der Waals surface area contributed by atoms with E-state index in [9.17, 15) is 19.1 Å². The smallest absolute Gasteiger partial charge is 0.341 e. The molecule has 0 saturated heterocycles. The molecule has 0 spiro atoms. The highest BCUT2D eigenvalue weighted by molar-refractivity contribution is 5.99. The summed E-state index contributed by atoms with van der Waals surface area (Å²) in [6, 6.07) is 1.68. The first-order valence-electron chi connectivity index (χ1n) is 4.09. The van der Waals surface area contributed by atoms with E-state index < -0.39 is 23.3 Å². The van der Waals surface area contributed by atoms with E-state index >= 15 is 0 Å². The van der Waals surface area contributed by atoms with Gasteiger partial charge in [0.05, 0.1) is 12.7 Å². The Bertz CT molecular complexity index is 426. The molecule has 0 atom stereocenters. The summed E-state index contributed by atoms with van der Waals surface area (Å²) in [5.74, 6) is -2.77. The van der Waals surface area contributed by atoms with Gasteiger partial charge >= 0.3 is 5.97 Å². The van der Waals surface area contributed by atoms with Crippen molar-refractivity contribution >= 4 is 11.8 Å². The van der Waals surface area contributed by atoms with Crippen molar-refractivity contribution in [3.8, 4) is 5.75 Å². The summed E-state index contributed by atoms with van der Waals surface area (Å²) in [4.78, 5) is 22.1. The minimum Gasteiger partial charge on any atom is -0.507 e. The van der Waals surface area contributed by atoms with E-state index in [1.165, 1.54) is 0 Å². The monoisotopic (exact) mass is 212 g/mol. The van der Waals surface area contributed by atoms with Gasteiger partial charge in [-0.15, -0.1) is 0 Å². The second kappa shape index (κ2) is 4.08. The third-order valence-electron chi connectivity index (χ3n) is 1.87. The molecule has 0 amide bonds. The minimum absolute atomic E-state index is 0.232. The van der Waals surface area contributed by atoms with Gasteiger partial charge in [0.1, 0.15) is 17.1 Å². The average Bonchev–Trinajstić information content (AvgIpc) is 2.16. The number of Topliss-reactive ketones (excluding diaryl/α,β-unsaturated/α-hetero) is 1. The molecule has 0 bridgehead atoms. The van der Waals surface area contributed by atoms with Crippen LogP contribution in [-0.4, -0.2) is 24.0 Å². The van der Waals surface area contributed by atoms with Crippen molar-refractivity contribution in [1.82, 2.24) is 0 Å². The molecule has 1 aromatic carbocycles. The molecule has 0 radical (unpaired) electrons. The standard InChI is InChI=1S/C10H9FO4/c1-5(12)6-3-7(10(14)15-2)9(13)4-8(6)11/h3-4,13H,1-2H3. The molecule has 1 rings (SSSR count). The summed E-state index contributed by atoms with van der Waals surface area (Å²) >= 11 is 0. The van der Waals surface area contributed by atoms with E-state index in [0.29, 0.717) is 6.07 Å². The van der Waals surface area contributed by atoms with Gasteiger partial charge in [0.25, 0.3) is 0 Å². The second-order valence-electron chi connectivity index (χ2n) is 2.90. The molecular weight excluding hydrogens is 203 g/mol. The molecule has 0 saturated carbocycles. The average molecular weight is 212 g/mol. The number of phenolic OH excluding ortho intramolecular Hbond substituents is 1. The first kappa shape index (κ1) is 11.2. The number of hydrogen-bond acceptors (Lipinski definition) is 4. The molecular formula is C10H9FO4. The van der Waals surface area contributed by atoms with Crippen molar-refractivity contribution in [3.05, 3.63) is 29.1 Å². The van der Waals surface area contributed by atoms with E-state index in [1.807, 2.05) is 0 Å². The highest BCUT2D eigenvalue weighted by Crippen LogP contribution is 2.22. The molecule has 0 aromatic heterocycles. The summed E-state index contributed by atoms with van der Waals surface area (Å²) in [7, 11) is 1.12. The number of benzene rings is 1. The number of esters is 1. The molecule has 80 valence electrons. The van der Waals surface area contributed by atoms with Crippen molar-refractivity contribution in [1.29, 1.82) is 0 Å². The summed E-state index contributed by atoms with van der Waals surface area (Å²) in [6.07, 6.45) is 0. The Balaban J connectivity index is 3.36. The predicted octanol–water partition coefficient (Wildman–Crippen LogP) is 1.52. The Hall–Kier alpha value is -1.91. The number of halogens is 1. The van der Waals surface area contributed by atoms with E-state index in [2.05, 4.69) is 4.74 Å². The Morgan fingerprint density at radius 1 is 1.33 bits per heavy atom. The summed E-state index contributed by atoms with van der Waals surface area (Å²) in [5, 5.41) is 9.25. The number of carbonyl (C=O) groups is 2. The molecule has 5 heteroatoms. The van der Waals surface area contributed by atoms with E-state index in [-0.39, 0.29) is 11.1 Å². The zero-order valence-electron chi connectivity index (χ0n) is 8.20. The molecule has 0 aliphatic rings. The van der Waals surface area contributed by atoms with Crippen LogP contribution in [0.25, 0.3) is 0 Å². The summed E-state index contributed by atoms with van der Waals surface area (Å²) in [5.41, 5.74) is -0.489. The maximum atomic E-state index is 13.1. The van der Waals surface area contributed by atoms with Crippen molar-refractivity contribution < 1.29 is 23.8 Å². The van der Waals surface area contributed by atoms with Crippen LogP contribution in [0.3, 0.4) is 0 Å². The van der Waals surface area contributed by atoms with Gasteiger partial charge in [-0.1, -0.05) is 0 Å². The van der Waals surface area contributed by atoms with Gasteiger partial charge in [-0.05, 0) is 13.0 Å². The predicted molar refractivity (Wildman–Crippen MR) is 49.4 cm³/mol. The van der Waals surface area contributed by atoms with E-state index in [4.69, 9.17) is 0 Å². The third-order valence-corrected chi connectivity index (χ3v) is 1.87. The Morgan fingerprint density at radius 2 is 1.93 bits per heavy atom. The number of ketones is 1. The van der Waals surface area contributed by atoms with Crippen LogP contribution in [0.1, 0.15) is 27.6 Å². The SMILES string of the molecule is COC(=O)c1cc(C(C)=O)c(F)cc1O. The second-order valence-corrected chi connectivity index (χ2v) is 2.90. The van der Waals surface area contributed by atoms with Crippen LogP contribution in [0.4, 0.5) is 4.39 Å². The number of aromatic hydroxyl groups is 1. The highest BCUT2D eigenvalue weighted by Gasteiger charge is 2.17. The van der Waals surface area contributed by atoms with Gasteiger partial charge in [-0.25, -0.2) is 9.18 Å². The van der Waals surface area contributed by atoms with E-state index in [0.717, 1.165) is 20.1 Å². The fourth-order valence-electron chi connectivity index (χ4n) is 1.11. The number of hydrogen-bond donors (Lipinski definition) is 1. The first-order chi connectivity index (χ1) is 6.97. The highest BCUT2D eigenvalue weighted by atomic mass is 19.1. The largest absolute Gasteiger partial charge is 0.507 e. The van der Waals surface area contributed by atoms with Crippen LogP contribution in [0, 0.1) is 5.82 Å². The first-order valence-corrected chi connectivity index (χ1v) is 4.09. The third kappa shape index (κ3) is 2.12. The lowest BCUT2D eigenvalue weighted by atomic mass is 10.1. The summed E-state index contributed by atoms with van der Waals surface area (Å²) in [6.45, 7) is 1.16. The van der Waals surface area contributed by atoms with E-state index in [1.54, 1.807) is 0 Å². The fourth-order valence-corrected chi connectivity index (χ4v) is 1.11. The molecule has 15 heavy (non-hydrogen) atoms. The molecule has 0 fully saturated rings. The van der Waals surface area contributed by atoms with Crippen molar-refractivity contribution in [2.45, 2.75) is 6.92 Å². The molecule has 1 N–H and O–H groups in total. The number of methoxy groups -OCH3 is 1. The van der Waals surface area contributed by atoms with Crippen LogP contribution in [0.5, 0.6) is 5.75 Å². The van der Waals surface area contributed by atoms with Gasteiger partial charge in [-0.2, -0.15) is 0 Å². The van der Waals surface area contributed by atoms with Crippen LogP contribution in [0.2, 0.25) is 0 Å². The van der Waals surface area contributed by atoms with Crippen LogP contribution in [0.15, 0.2) is 12.1 Å². The molecule has 0 unspecified atom stereocenters. The van der Waals surface area contributed by atoms with Crippen molar-refractivity contribution in [2.75, 3.05) is 7.11 Å². The number of rotatable bonds is 2. The minimum atomic E-state index is -0.868. The summed E-state index contributed by atoms with van der Waals surface area (Å²) < 4.78 is 17.5.